The first-order valence-electron chi connectivity index (χ1n) is 5.68. The molecular weight excluding hydrogens is 251 g/mol. The van der Waals surface area contributed by atoms with Gasteiger partial charge in [0.1, 0.15) is 11.3 Å². The molecule has 2 aromatic rings. The molecule has 1 aliphatic heterocycles. The van der Waals surface area contributed by atoms with Gasteiger partial charge in [-0.2, -0.15) is 4.98 Å². The van der Waals surface area contributed by atoms with Crippen LogP contribution in [0.5, 0.6) is 0 Å². The molecule has 1 aromatic heterocycles. The van der Waals surface area contributed by atoms with Gasteiger partial charge >= 0.3 is 5.69 Å². The fourth-order valence-corrected chi connectivity index (χ4v) is 2.16. The third kappa shape index (κ3) is 1.48. The lowest BCUT2D eigenvalue weighted by atomic mass is 10.1. The number of rotatable bonds is 2. The second kappa shape index (κ2) is 3.98. The number of anilines is 1. The molecule has 96 valence electrons. The maximum absolute atomic E-state index is 14.1. The number of carbonyl (C=O) groups is 1. The minimum atomic E-state index is -0.797. The van der Waals surface area contributed by atoms with Crippen LogP contribution in [-0.2, 0) is 6.54 Å². The molecule has 0 bridgehead atoms. The van der Waals surface area contributed by atoms with E-state index in [0.29, 0.717) is 29.7 Å². The van der Waals surface area contributed by atoms with Crippen LogP contribution in [0.25, 0.3) is 10.9 Å². The number of aldehydes is 1. The van der Waals surface area contributed by atoms with Crippen LogP contribution in [0.4, 0.5) is 15.9 Å². The Bertz CT molecular complexity index is 795. The summed E-state index contributed by atoms with van der Waals surface area (Å²) in [6, 6.07) is 1.38. The molecule has 3 rings (SSSR count). The van der Waals surface area contributed by atoms with Gasteiger partial charge in [-0.15, -0.1) is 0 Å². The van der Waals surface area contributed by atoms with E-state index in [0.717, 1.165) is 0 Å². The second-order valence-corrected chi connectivity index (χ2v) is 4.03. The standard InChI is InChI=1S/C12H9FN4O2/c1-2-17-11-8-7(14-5-15-11)3-6(4-18)9(13)10(8)16-12(17)19/h3-5H,2H2,1H3,(H,14,15). The smallest absolute Gasteiger partial charge is 0.346 e. The second-order valence-electron chi connectivity index (χ2n) is 4.03. The normalized spacial score (nSPS) is 12.5. The average molecular weight is 260 g/mol. The molecule has 0 radical (unpaired) electrons. The molecule has 2 heterocycles. The Morgan fingerprint density at radius 3 is 3.00 bits per heavy atom. The van der Waals surface area contributed by atoms with E-state index in [1.54, 1.807) is 6.92 Å². The van der Waals surface area contributed by atoms with Gasteiger partial charge in [-0.3, -0.25) is 9.36 Å². The summed E-state index contributed by atoms with van der Waals surface area (Å²) in [6.45, 7) is 2.16. The zero-order valence-electron chi connectivity index (χ0n) is 9.98. The molecule has 0 aliphatic carbocycles. The molecule has 0 fully saturated rings. The quantitative estimate of drug-likeness (QED) is 0.829. The lowest BCUT2D eigenvalue weighted by Gasteiger charge is -2.17. The summed E-state index contributed by atoms with van der Waals surface area (Å²) < 4.78 is 15.4. The van der Waals surface area contributed by atoms with Crippen molar-refractivity contribution in [1.82, 2.24) is 9.55 Å². The SMILES string of the molecule is CCn1c2c3c(cc(C=O)c(F)c3nc1=O)NC=N2. The Hall–Kier alpha value is -2.57. The van der Waals surface area contributed by atoms with Crippen molar-refractivity contribution in [2.75, 3.05) is 5.32 Å². The summed E-state index contributed by atoms with van der Waals surface area (Å²) >= 11 is 0. The first-order valence-corrected chi connectivity index (χ1v) is 5.68. The molecule has 6 nitrogen and oxygen atoms in total. The highest BCUT2D eigenvalue weighted by molar-refractivity contribution is 6.08. The number of nitrogens with zero attached hydrogens (tertiary/aromatic N) is 3. The largest absolute Gasteiger partial charge is 0.349 e. The van der Waals surface area contributed by atoms with Crippen LogP contribution in [0.15, 0.2) is 15.9 Å². The van der Waals surface area contributed by atoms with Crippen molar-refractivity contribution in [1.29, 1.82) is 0 Å². The lowest BCUT2D eigenvalue weighted by Crippen LogP contribution is -2.24. The van der Waals surface area contributed by atoms with Gasteiger partial charge in [-0.1, -0.05) is 0 Å². The Balaban J connectivity index is 2.58. The minimum Gasteiger partial charge on any atom is -0.346 e. The zero-order chi connectivity index (χ0) is 13.6. The minimum absolute atomic E-state index is 0.131. The van der Waals surface area contributed by atoms with Crippen LogP contribution in [0, 0.1) is 5.82 Å². The summed E-state index contributed by atoms with van der Waals surface area (Å²) in [4.78, 5) is 30.5. The van der Waals surface area contributed by atoms with E-state index >= 15 is 0 Å². The first kappa shape index (κ1) is 11.5. The molecule has 1 aliphatic rings. The van der Waals surface area contributed by atoms with Crippen molar-refractivity contribution in [3.8, 4) is 0 Å². The molecule has 0 unspecified atom stereocenters. The number of carbonyl (C=O) groups excluding carboxylic acids is 1. The molecule has 1 N–H and O–H groups in total. The number of hydrogen-bond donors (Lipinski definition) is 1. The number of halogens is 1. The number of aliphatic imine (C=N–C) groups is 1. The maximum Gasteiger partial charge on any atom is 0.349 e. The molecular formula is C12H9FN4O2. The third-order valence-corrected chi connectivity index (χ3v) is 3.04. The van der Waals surface area contributed by atoms with Crippen molar-refractivity contribution in [3.63, 3.8) is 0 Å². The molecule has 0 atom stereocenters. The van der Waals surface area contributed by atoms with Gasteiger partial charge in [0.15, 0.2) is 12.1 Å². The highest BCUT2D eigenvalue weighted by atomic mass is 19.1. The number of aromatic nitrogens is 2. The van der Waals surface area contributed by atoms with E-state index in [4.69, 9.17) is 0 Å². The maximum atomic E-state index is 14.1. The number of hydrogen-bond acceptors (Lipinski definition) is 5. The van der Waals surface area contributed by atoms with Crippen LogP contribution >= 0.6 is 0 Å². The molecule has 1 aromatic carbocycles. The van der Waals surface area contributed by atoms with Crippen molar-refractivity contribution in [3.05, 3.63) is 27.9 Å². The summed E-state index contributed by atoms with van der Waals surface area (Å²) in [5, 5.41) is 3.24. The Kier molecular flexibility index (Phi) is 2.41. The van der Waals surface area contributed by atoms with Crippen LogP contribution in [0.3, 0.4) is 0 Å². The predicted octanol–water partition coefficient (Wildman–Crippen LogP) is 1.45. The lowest BCUT2D eigenvalue weighted by molar-refractivity contribution is 0.112. The topological polar surface area (TPSA) is 76.3 Å². The van der Waals surface area contributed by atoms with Crippen LogP contribution < -0.4 is 11.0 Å². The van der Waals surface area contributed by atoms with Crippen molar-refractivity contribution in [2.45, 2.75) is 13.5 Å². The van der Waals surface area contributed by atoms with Crippen molar-refractivity contribution in [2.24, 2.45) is 4.99 Å². The van der Waals surface area contributed by atoms with Crippen LogP contribution in [0.1, 0.15) is 17.3 Å². The highest BCUT2D eigenvalue weighted by Crippen LogP contribution is 2.35. The van der Waals surface area contributed by atoms with E-state index in [-0.39, 0.29) is 11.1 Å². The van der Waals surface area contributed by atoms with Crippen LogP contribution in [-0.4, -0.2) is 22.2 Å². The third-order valence-electron chi connectivity index (χ3n) is 3.04. The van der Waals surface area contributed by atoms with E-state index in [2.05, 4.69) is 15.3 Å². The van der Waals surface area contributed by atoms with Gasteiger partial charge in [0, 0.05) is 6.54 Å². The molecule has 0 saturated carbocycles. The van der Waals surface area contributed by atoms with Gasteiger partial charge < -0.3 is 5.32 Å². The monoisotopic (exact) mass is 260 g/mol. The van der Waals surface area contributed by atoms with Gasteiger partial charge in [-0.05, 0) is 13.0 Å². The molecule has 19 heavy (non-hydrogen) atoms. The Morgan fingerprint density at radius 1 is 1.53 bits per heavy atom. The number of benzene rings is 1. The van der Waals surface area contributed by atoms with E-state index in [1.165, 1.54) is 17.0 Å². The fraction of sp³-hybridized carbons (Fsp3) is 0.167. The van der Waals surface area contributed by atoms with Crippen molar-refractivity contribution < 1.29 is 9.18 Å². The predicted molar refractivity (Wildman–Crippen MR) is 68.8 cm³/mol. The van der Waals surface area contributed by atoms with Gasteiger partial charge in [0.2, 0.25) is 0 Å². The Labute approximate surface area is 106 Å². The van der Waals surface area contributed by atoms with Crippen molar-refractivity contribution >= 4 is 35.0 Å². The summed E-state index contributed by atoms with van der Waals surface area (Å²) in [7, 11) is 0. The fourth-order valence-electron chi connectivity index (χ4n) is 2.16. The first-order chi connectivity index (χ1) is 9.17. The van der Waals surface area contributed by atoms with Gasteiger partial charge in [0.05, 0.1) is 23.0 Å². The summed E-state index contributed by atoms with van der Waals surface area (Å²) in [5.74, 6) is -0.447. The van der Waals surface area contributed by atoms with E-state index in [1.807, 2.05) is 0 Å². The summed E-state index contributed by atoms with van der Waals surface area (Å²) in [5.41, 5.74) is -0.346. The van der Waals surface area contributed by atoms with E-state index < -0.39 is 11.5 Å². The average Bonchev–Trinajstić information content (AvgIpc) is 2.42. The number of nitrogens with one attached hydrogen (secondary N) is 1. The Morgan fingerprint density at radius 2 is 2.32 bits per heavy atom. The van der Waals surface area contributed by atoms with E-state index in [9.17, 15) is 14.0 Å². The summed E-state index contributed by atoms with van der Waals surface area (Å²) in [6.07, 6.45) is 1.79. The zero-order valence-corrected chi connectivity index (χ0v) is 9.98. The molecule has 7 heteroatoms. The van der Waals surface area contributed by atoms with Crippen LogP contribution in [0.2, 0.25) is 0 Å². The van der Waals surface area contributed by atoms with Gasteiger partial charge in [-0.25, -0.2) is 14.2 Å². The molecule has 0 amide bonds. The highest BCUT2D eigenvalue weighted by Gasteiger charge is 2.21. The molecule has 0 spiro atoms. The molecule has 0 saturated heterocycles. The van der Waals surface area contributed by atoms with Gasteiger partial charge in [0.25, 0.3) is 0 Å².